The first kappa shape index (κ1) is 13.6. The zero-order chi connectivity index (χ0) is 15.2. The Balaban J connectivity index is 2.17. The molecule has 0 bridgehead atoms. The second-order valence-electron chi connectivity index (χ2n) is 5.38. The number of rotatable bonds is 1. The number of aliphatic hydroxyl groups is 1. The van der Waals surface area contributed by atoms with Crippen molar-refractivity contribution in [1.82, 2.24) is 0 Å². The van der Waals surface area contributed by atoms with Crippen molar-refractivity contribution >= 4 is 16.8 Å². The first-order chi connectivity index (χ1) is 9.89. The second kappa shape index (κ2) is 4.60. The summed E-state index contributed by atoms with van der Waals surface area (Å²) in [7, 11) is 0. The molecule has 1 heterocycles. The predicted molar refractivity (Wildman–Crippen MR) is 73.2 cm³/mol. The van der Waals surface area contributed by atoms with E-state index in [0.717, 1.165) is 12.1 Å². The number of aromatic hydroxyl groups is 2. The number of hydrogen-bond donors (Lipinski definition) is 3. The number of hydrogen-bond acceptors (Lipinski definition) is 6. The normalized spacial score (nSPS) is 18.0. The molecule has 0 radical (unpaired) electrons. The highest BCUT2D eigenvalue weighted by atomic mass is 16.4. The summed E-state index contributed by atoms with van der Waals surface area (Å²) in [6, 6.07) is 3.39. The van der Waals surface area contributed by atoms with Gasteiger partial charge in [-0.1, -0.05) is 0 Å². The summed E-state index contributed by atoms with van der Waals surface area (Å²) in [4.78, 5) is 23.4. The van der Waals surface area contributed by atoms with Crippen LogP contribution in [0, 0.1) is 0 Å². The minimum Gasteiger partial charge on any atom is -0.508 e. The standard InChI is InChI=1S/C15H14O6/c16-8-1-3-15(20,4-2-8)13-7-11(19)14-10(18)5-9(17)6-12(14)21-13/h5-7,17-18,20H,1-4H2. The van der Waals surface area contributed by atoms with Crippen LogP contribution in [0.3, 0.4) is 0 Å². The largest absolute Gasteiger partial charge is 0.508 e. The molecule has 3 rings (SSSR count). The fraction of sp³-hybridized carbons (Fsp3) is 0.333. The molecule has 1 aliphatic rings. The molecule has 1 saturated carbocycles. The zero-order valence-electron chi connectivity index (χ0n) is 11.1. The summed E-state index contributed by atoms with van der Waals surface area (Å²) in [5.74, 6) is -0.502. The van der Waals surface area contributed by atoms with E-state index >= 15 is 0 Å². The smallest absolute Gasteiger partial charge is 0.196 e. The van der Waals surface area contributed by atoms with Gasteiger partial charge in [0.2, 0.25) is 0 Å². The van der Waals surface area contributed by atoms with Crippen LogP contribution in [0.5, 0.6) is 11.5 Å². The first-order valence-electron chi connectivity index (χ1n) is 6.63. The Bertz CT molecular complexity index is 779. The van der Waals surface area contributed by atoms with Gasteiger partial charge in [0.15, 0.2) is 5.43 Å². The molecule has 0 atom stereocenters. The minimum atomic E-state index is -1.37. The Morgan fingerprint density at radius 2 is 1.71 bits per heavy atom. The van der Waals surface area contributed by atoms with Crippen molar-refractivity contribution in [2.24, 2.45) is 0 Å². The highest BCUT2D eigenvalue weighted by Crippen LogP contribution is 2.37. The van der Waals surface area contributed by atoms with Crippen LogP contribution in [0.2, 0.25) is 0 Å². The number of carbonyl (C=O) groups excluding carboxylic acids is 1. The summed E-state index contributed by atoms with van der Waals surface area (Å²) < 4.78 is 5.50. The topological polar surface area (TPSA) is 108 Å². The molecule has 21 heavy (non-hydrogen) atoms. The van der Waals surface area contributed by atoms with Crippen LogP contribution in [0.1, 0.15) is 31.4 Å². The number of carbonyl (C=O) groups is 1. The third kappa shape index (κ3) is 2.27. The Kier molecular flexibility index (Phi) is 2.98. The Labute approximate surface area is 119 Å². The van der Waals surface area contributed by atoms with Crippen LogP contribution in [0.15, 0.2) is 27.4 Å². The van der Waals surface area contributed by atoms with Gasteiger partial charge in [0, 0.05) is 31.0 Å². The molecule has 0 unspecified atom stereocenters. The van der Waals surface area contributed by atoms with Gasteiger partial charge in [-0.05, 0) is 12.8 Å². The predicted octanol–water partition coefficient (Wildman–Crippen LogP) is 1.53. The molecule has 2 aromatic rings. The third-order valence-corrected chi connectivity index (χ3v) is 3.89. The van der Waals surface area contributed by atoms with Crippen LogP contribution in [0.4, 0.5) is 0 Å². The van der Waals surface area contributed by atoms with Gasteiger partial charge in [0.25, 0.3) is 0 Å². The van der Waals surface area contributed by atoms with Gasteiger partial charge in [-0.15, -0.1) is 0 Å². The molecule has 6 nitrogen and oxygen atoms in total. The van der Waals surface area contributed by atoms with Crippen LogP contribution in [0.25, 0.3) is 11.0 Å². The maximum atomic E-state index is 12.1. The van der Waals surface area contributed by atoms with E-state index in [0.29, 0.717) is 0 Å². The maximum absolute atomic E-state index is 12.1. The molecule has 6 heteroatoms. The van der Waals surface area contributed by atoms with Gasteiger partial charge in [-0.2, -0.15) is 0 Å². The van der Waals surface area contributed by atoms with Gasteiger partial charge in [0.05, 0.1) is 0 Å². The van der Waals surface area contributed by atoms with Crippen molar-refractivity contribution in [2.75, 3.05) is 0 Å². The van der Waals surface area contributed by atoms with E-state index in [1.165, 1.54) is 6.07 Å². The molecule has 0 spiro atoms. The Morgan fingerprint density at radius 1 is 1.05 bits per heavy atom. The molecule has 1 aromatic heterocycles. The van der Waals surface area contributed by atoms with Crippen molar-refractivity contribution < 1.29 is 24.5 Å². The lowest BCUT2D eigenvalue weighted by atomic mass is 9.82. The highest BCUT2D eigenvalue weighted by molar-refractivity contribution is 5.84. The summed E-state index contributed by atoms with van der Waals surface area (Å²) in [5, 5.41) is 29.7. The number of fused-ring (bicyclic) bond motifs is 1. The fourth-order valence-electron chi connectivity index (χ4n) is 2.67. The van der Waals surface area contributed by atoms with Crippen molar-refractivity contribution in [1.29, 1.82) is 0 Å². The molecule has 1 aromatic carbocycles. The molecule has 0 amide bonds. The van der Waals surface area contributed by atoms with E-state index in [-0.39, 0.29) is 59.7 Å². The SMILES string of the molecule is O=C1CCC(O)(c2cc(=O)c3c(O)cc(O)cc3o2)CC1. The second-order valence-corrected chi connectivity index (χ2v) is 5.38. The molecule has 3 N–H and O–H groups in total. The van der Waals surface area contributed by atoms with E-state index in [4.69, 9.17) is 4.42 Å². The molecule has 1 aliphatic carbocycles. The van der Waals surface area contributed by atoms with E-state index in [2.05, 4.69) is 0 Å². The number of phenolic OH excluding ortho intramolecular Hbond substituents is 2. The van der Waals surface area contributed by atoms with Gasteiger partial charge in [-0.25, -0.2) is 0 Å². The van der Waals surface area contributed by atoms with E-state index in [1.807, 2.05) is 0 Å². The van der Waals surface area contributed by atoms with Gasteiger partial charge in [0.1, 0.15) is 39.6 Å². The van der Waals surface area contributed by atoms with Crippen molar-refractivity contribution in [2.45, 2.75) is 31.3 Å². The number of ketones is 1. The molecule has 110 valence electrons. The number of benzene rings is 1. The average Bonchev–Trinajstić information content (AvgIpc) is 2.41. The van der Waals surface area contributed by atoms with Crippen molar-refractivity contribution in [3.8, 4) is 11.5 Å². The lowest BCUT2D eigenvalue weighted by molar-refractivity contribution is -0.126. The van der Waals surface area contributed by atoms with Crippen molar-refractivity contribution in [3.63, 3.8) is 0 Å². The highest BCUT2D eigenvalue weighted by Gasteiger charge is 2.37. The van der Waals surface area contributed by atoms with Gasteiger partial charge < -0.3 is 19.7 Å². The van der Waals surface area contributed by atoms with E-state index < -0.39 is 11.0 Å². The molecule has 0 aliphatic heterocycles. The van der Waals surface area contributed by atoms with Crippen LogP contribution in [-0.2, 0) is 10.4 Å². The number of phenols is 2. The van der Waals surface area contributed by atoms with Crippen molar-refractivity contribution in [3.05, 3.63) is 34.2 Å². The summed E-state index contributed by atoms with van der Waals surface area (Å²) in [6.07, 6.45) is 0.823. The monoisotopic (exact) mass is 290 g/mol. The average molecular weight is 290 g/mol. The van der Waals surface area contributed by atoms with Crippen LogP contribution < -0.4 is 5.43 Å². The number of Topliss-reactive ketones (excluding diaryl/α,β-unsaturated/α-hetero) is 1. The van der Waals surface area contributed by atoms with Gasteiger partial charge >= 0.3 is 0 Å². The van der Waals surface area contributed by atoms with Crippen LogP contribution in [-0.4, -0.2) is 21.1 Å². The van der Waals surface area contributed by atoms with Gasteiger partial charge in [-0.3, -0.25) is 9.59 Å². The zero-order valence-corrected chi connectivity index (χ0v) is 11.1. The Morgan fingerprint density at radius 3 is 2.38 bits per heavy atom. The minimum absolute atomic E-state index is 0.000301. The first-order valence-corrected chi connectivity index (χ1v) is 6.63. The summed E-state index contributed by atoms with van der Waals surface area (Å²) in [6.45, 7) is 0. The summed E-state index contributed by atoms with van der Waals surface area (Å²) in [5.41, 5.74) is -1.88. The molecular formula is C15H14O6. The quantitative estimate of drug-likeness (QED) is 0.735. The molecular weight excluding hydrogens is 276 g/mol. The molecule has 1 fully saturated rings. The van der Waals surface area contributed by atoms with E-state index in [9.17, 15) is 24.9 Å². The van der Waals surface area contributed by atoms with Crippen LogP contribution >= 0.6 is 0 Å². The lowest BCUT2D eigenvalue weighted by Crippen LogP contribution is -2.32. The lowest BCUT2D eigenvalue weighted by Gasteiger charge is -2.30. The van der Waals surface area contributed by atoms with E-state index in [1.54, 1.807) is 0 Å². The fourth-order valence-corrected chi connectivity index (χ4v) is 2.67. The Hall–Kier alpha value is -2.34. The third-order valence-electron chi connectivity index (χ3n) is 3.89. The summed E-state index contributed by atoms with van der Waals surface area (Å²) >= 11 is 0. The molecule has 0 saturated heterocycles. The maximum Gasteiger partial charge on any atom is 0.196 e.